The number of carbonyl (C=O) groups is 1. The lowest BCUT2D eigenvalue weighted by atomic mass is 10.1. The van der Waals surface area contributed by atoms with E-state index >= 15 is 0 Å². The molecule has 0 saturated heterocycles. The van der Waals surface area contributed by atoms with Crippen LogP contribution in [-0.2, 0) is 24.2 Å². The van der Waals surface area contributed by atoms with E-state index in [0.717, 1.165) is 17.5 Å². The molecule has 148 valence electrons. The number of hydrogen-bond donors (Lipinski definition) is 1. The van der Waals surface area contributed by atoms with E-state index in [2.05, 4.69) is 22.5 Å². The van der Waals surface area contributed by atoms with Gasteiger partial charge in [0.15, 0.2) is 0 Å². The molecule has 1 amide bonds. The van der Waals surface area contributed by atoms with Gasteiger partial charge >= 0.3 is 0 Å². The predicted molar refractivity (Wildman–Crippen MR) is 106 cm³/mol. The summed E-state index contributed by atoms with van der Waals surface area (Å²) < 4.78 is 19.8. The van der Waals surface area contributed by atoms with Crippen LogP contribution in [0.4, 0.5) is 4.39 Å². The summed E-state index contributed by atoms with van der Waals surface area (Å²) in [5.41, 5.74) is 3.04. The minimum absolute atomic E-state index is 0.0102. The van der Waals surface area contributed by atoms with Crippen molar-refractivity contribution in [3.63, 3.8) is 0 Å². The van der Waals surface area contributed by atoms with Crippen LogP contribution in [0.15, 0.2) is 59.4 Å². The summed E-state index contributed by atoms with van der Waals surface area (Å²) in [5.74, 6) is -0.410. The number of carbonyl (C=O) groups excluding carboxylic acids is 1. The molecule has 29 heavy (non-hydrogen) atoms. The molecule has 0 atom stereocenters. The fourth-order valence-corrected chi connectivity index (χ4v) is 3.65. The van der Waals surface area contributed by atoms with Crippen molar-refractivity contribution >= 4 is 5.91 Å². The van der Waals surface area contributed by atoms with Gasteiger partial charge in [0.25, 0.3) is 5.56 Å². The smallest absolute Gasteiger partial charge is 0.267 e. The van der Waals surface area contributed by atoms with Crippen LogP contribution in [-0.4, -0.2) is 28.8 Å². The molecule has 1 aliphatic carbocycles. The Morgan fingerprint density at radius 3 is 2.59 bits per heavy atom. The number of hydrogen-bond acceptors (Lipinski definition) is 4. The molecule has 0 unspecified atom stereocenters. The zero-order valence-electron chi connectivity index (χ0n) is 15.9. The molecule has 0 radical (unpaired) electrons. The third kappa shape index (κ3) is 4.03. The van der Waals surface area contributed by atoms with Crippen LogP contribution in [0.3, 0.4) is 0 Å². The van der Waals surface area contributed by atoms with Crippen molar-refractivity contribution in [1.29, 1.82) is 0 Å². The first-order chi connectivity index (χ1) is 14.0. The van der Waals surface area contributed by atoms with E-state index in [4.69, 9.17) is 4.74 Å². The van der Waals surface area contributed by atoms with E-state index in [0.29, 0.717) is 17.0 Å². The quantitative estimate of drug-likeness (QED) is 0.722. The predicted octanol–water partition coefficient (Wildman–Crippen LogP) is 2.34. The average molecular weight is 393 g/mol. The molecule has 4 rings (SSSR count). The zero-order chi connectivity index (χ0) is 20.4. The van der Waals surface area contributed by atoms with Gasteiger partial charge in [0.1, 0.15) is 18.1 Å². The van der Waals surface area contributed by atoms with E-state index in [1.807, 2.05) is 12.1 Å². The fraction of sp³-hybridized carbons (Fsp3) is 0.227. The number of nitrogens with one attached hydrogen (secondary N) is 1. The summed E-state index contributed by atoms with van der Waals surface area (Å²) in [6, 6.07) is 15.0. The number of halogens is 1. The van der Waals surface area contributed by atoms with Crippen LogP contribution in [0.2, 0.25) is 0 Å². The van der Waals surface area contributed by atoms with E-state index in [1.54, 1.807) is 0 Å². The van der Waals surface area contributed by atoms with Crippen LogP contribution in [0, 0.1) is 5.82 Å². The number of methoxy groups -OCH3 is 1. The second kappa shape index (κ2) is 7.87. The summed E-state index contributed by atoms with van der Waals surface area (Å²) >= 11 is 0. The van der Waals surface area contributed by atoms with Crippen molar-refractivity contribution in [1.82, 2.24) is 15.1 Å². The standard InChI is InChI=1S/C22H20FN3O3/c1-29-20-12-16(23)6-7-18(20)19-8-9-22(28)26(25-19)13-21(27)24-17-10-14-4-2-3-5-15(14)11-17/h2-9,12,17H,10-11,13H2,1H3,(H,24,27). The molecule has 1 aliphatic rings. The molecule has 7 heteroatoms. The minimum Gasteiger partial charge on any atom is -0.496 e. The molecule has 1 aromatic heterocycles. The van der Waals surface area contributed by atoms with Crippen molar-refractivity contribution in [2.24, 2.45) is 0 Å². The first-order valence-electron chi connectivity index (χ1n) is 9.31. The van der Waals surface area contributed by atoms with E-state index in [-0.39, 0.29) is 24.1 Å². The maximum absolute atomic E-state index is 13.4. The van der Waals surface area contributed by atoms with Gasteiger partial charge in [-0.1, -0.05) is 24.3 Å². The Balaban J connectivity index is 1.50. The van der Waals surface area contributed by atoms with Crippen molar-refractivity contribution in [2.75, 3.05) is 7.11 Å². The first kappa shape index (κ1) is 18.9. The van der Waals surface area contributed by atoms with Gasteiger partial charge in [-0.05, 0) is 42.2 Å². The van der Waals surface area contributed by atoms with E-state index < -0.39 is 5.82 Å². The number of amides is 1. The summed E-state index contributed by atoms with van der Waals surface area (Å²) in [6.45, 7) is -0.191. The molecule has 6 nitrogen and oxygen atoms in total. The second-order valence-corrected chi connectivity index (χ2v) is 7.00. The number of ether oxygens (including phenoxy) is 1. The van der Waals surface area contributed by atoms with Crippen molar-refractivity contribution < 1.29 is 13.9 Å². The Morgan fingerprint density at radius 1 is 1.17 bits per heavy atom. The Labute approximate surface area is 166 Å². The highest BCUT2D eigenvalue weighted by Gasteiger charge is 2.22. The highest BCUT2D eigenvalue weighted by molar-refractivity contribution is 5.76. The largest absolute Gasteiger partial charge is 0.496 e. The van der Waals surface area contributed by atoms with Crippen LogP contribution < -0.4 is 15.6 Å². The maximum Gasteiger partial charge on any atom is 0.267 e. The number of benzene rings is 2. The number of fused-ring (bicyclic) bond motifs is 1. The molecule has 2 aromatic carbocycles. The highest BCUT2D eigenvalue weighted by atomic mass is 19.1. The van der Waals surface area contributed by atoms with Crippen LogP contribution in [0.1, 0.15) is 11.1 Å². The normalized spacial score (nSPS) is 13.2. The van der Waals surface area contributed by atoms with Crippen LogP contribution in [0.25, 0.3) is 11.3 Å². The fourth-order valence-electron chi connectivity index (χ4n) is 3.65. The lowest BCUT2D eigenvalue weighted by Gasteiger charge is -2.13. The van der Waals surface area contributed by atoms with Gasteiger partial charge in [-0.25, -0.2) is 9.07 Å². The van der Waals surface area contributed by atoms with Crippen molar-refractivity contribution in [2.45, 2.75) is 25.4 Å². The van der Waals surface area contributed by atoms with Crippen molar-refractivity contribution in [3.05, 3.63) is 81.9 Å². The zero-order valence-corrected chi connectivity index (χ0v) is 15.9. The lowest BCUT2D eigenvalue weighted by molar-refractivity contribution is -0.122. The second-order valence-electron chi connectivity index (χ2n) is 7.00. The molecule has 0 aliphatic heterocycles. The highest BCUT2D eigenvalue weighted by Crippen LogP contribution is 2.28. The lowest BCUT2D eigenvalue weighted by Crippen LogP contribution is -2.39. The molecule has 3 aromatic rings. The first-order valence-corrected chi connectivity index (χ1v) is 9.31. The molecule has 0 spiro atoms. The van der Waals surface area contributed by atoms with Gasteiger partial charge in [0.05, 0.1) is 12.8 Å². The maximum atomic E-state index is 13.4. The Kier molecular flexibility index (Phi) is 5.12. The van der Waals surface area contributed by atoms with Gasteiger partial charge < -0.3 is 10.1 Å². The third-order valence-corrected chi connectivity index (χ3v) is 5.02. The molecule has 1 N–H and O–H groups in total. The Hall–Kier alpha value is -3.48. The SMILES string of the molecule is COc1cc(F)ccc1-c1ccc(=O)n(CC(=O)NC2Cc3ccccc3C2)n1. The topological polar surface area (TPSA) is 73.2 Å². The average Bonchev–Trinajstić information content (AvgIpc) is 3.11. The number of aromatic nitrogens is 2. The molecular formula is C22H20FN3O3. The summed E-state index contributed by atoms with van der Waals surface area (Å²) in [4.78, 5) is 24.7. The molecule has 0 fully saturated rings. The van der Waals surface area contributed by atoms with Gasteiger partial charge in [0.2, 0.25) is 5.91 Å². The van der Waals surface area contributed by atoms with Crippen molar-refractivity contribution in [3.8, 4) is 17.0 Å². The van der Waals surface area contributed by atoms with Crippen LogP contribution in [0.5, 0.6) is 5.75 Å². The van der Waals surface area contributed by atoms with Gasteiger partial charge in [0, 0.05) is 23.7 Å². The Morgan fingerprint density at radius 2 is 1.90 bits per heavy atom. The molecule has 1 heterocycles. The summed E-state index contributed by atoms with van der Waals surface area (Å²) in [7, 11) is 1.43. The number of rotatable bonds is 5. The van der Waals surface area contributed by atoms with Gasteiger partial charge in [-0.2, -0.15) is 5.10 Å². The van der Waals surface area contributed by atoms with Crippen LogP contribution >= 0.6 is 0 Å². The Bertz CT molecular complexity index is 1100. The minimum atomic E-state index is -0.434. The monoisotopic (exact) mass is 393 g/mol. The van der Waals surface area contributed by atoms with E-state index in [9.17, 15) is 14.0 Å². The van der Waals surface area contributed by atoms with Gasteiger partial charge in [-0.15, -0.1) is 0 Å². The molecule has 0 saturated carbocycles. The summed E-state index contributed by atoms with van der Waals surface area (Å²) in [6.07, 6.45) is 1.55. The molecule has 0 bridgehead atoms. The molecular weight excluding hydrogens is 373 g/mol. The third-order valence-electron chi connectivity index (χ3n) is 5.02. The van der Waals surface area contributed by atoms with Gasteiger partial charge in [-0.3, -0.25) is 9.59 Å². The van der Waals surface area contributed by atoms with E-state index in [1.165, 1.54) is 48.6 Å². The number of nitrogens with zero attached hydrogens (tertiary/aromatic N) is 2. The summed E-state index contributed by atoms with van der Waals surface area (Å²) in [5, 5.41) is 7.25.